The molecule has 3 aromatic rings. The van der Waals surface area contributed by atoms with Gasteiger partial charge in [0.2, 0.25) is 0 Å². The largest absolute Gasteiger partial charge is 0.486 e. The van der Waals surface area contributed by atoms with Crippen LogP contribution in [0.5, 0.6) is 5.75 Å². The van der Waals surface area contributed by atoms with Crippen molar-refractivity contribution in [2.75, 3.05) is 0 Å². The average molecular weight is 441 g/mol. The predicted molar refractivity (Wildman–Crippen MR) is 123 cm³/mol. The highest BCUT2D eigenvalue weighted by Gasteiger charge is 2.24. The van der Waals surface area contributed by atoms with Gasteiger partial charge in [-0.2, -0.15) is 0 Å². The Bertz CT molecular complexity index is 1020. The predicted octanol–water partition coefficient (Wildman–Crippen LogP) is 6.43. The topological polar surface area (TPSA) is 42.4 Å². The quantitative estimate of drug-likeness (QED) is 0.385. The summed E-state index contributed by atoms with van der Waals surface area (Å²) >= 11 is 1.51. The van der Waals surface area contributed by atoms with Crippen molar-refractivity contribution in [1.82, 2.24) is 9.88 Å². The van der Waals surface area contributed by atoms with E-state index in [4.69, 9.17) is 4.74 Å². The van der Waals surface area contributed by atoms with Crippen molar-refractivity contribution in [3.05, 3.63) is 81.6 Å². The Morgan fingerprint density at radius 1 is 1.13 bits per heavy atom. The molecule has 31 heavy (non-hydrogen) atoms. The smallest absolute Gasteiger partial charge is 0.257 e. The molecule has 0 aliphatic heterocycles. The fourth-order valence-electron chi connectivity index (χ4n) is 3.33. The first-order valence-electron chi connectivity index (χ1n) is 10.6. The van der Waals surface area contributed by atoms with Gasteiger partial charge < -0.3 is 9.64 Å². The van der Waals surface area contributed by atoms with Gasteiger partial charge in [0.1, 0.15) is 23.2 Å². The number of rotatable bonds is 9. The first kappa shape index (κ1) is 22.9. The summed E-state index contributed by atoms with van der Waals surface area (Å²) in [5.74, 6) is 0.419. The summed E-state index contributed by atoms with van der Waals surface area (Å²) in [7, 11) is 0. The van der Waals surface area contributed by atoms with Crippen molar-refractivity contribution < 1.29 is 13.9 Å². The van der Waals surface area contributed by atoms with Gasteiger partial charge in [-0.3, -0.25) is 4.79 Å². The molecule has 0 saturated heterocycles. The molecule has 6 heteroatoms. The van der Waals surface area contributed by atoms with Crippen LogP contribution >= 0.6 is 11.3 Å². The number of ether oxygens (including phenoxy) is 1. The molecule has 1 aromatic heterocycles. The molecule has 164 valence electrons. The van der Waals surface area contributed by atoms with Gasteiger partial charge in [-0.05, 0) is 43.0 Å². The van der Waals surface area contributed by atoms with Crippen LogP contribution in [0.1, 0.15) is 66.7 Å². The van der Waals surface area contributed by atoms with Crippen LogP contribution in [0.3, 0.4) is 0 Å². The summed E-state index contributed by atoms with van der Waals surface area (Å²) in [5, 5.41) is 2.79. The first-order chi connectivity index (χ1) is 14.9. The lowest BCUT2D eigenvalue weighted by molar-refractivity contribution is 0.0664. The number of hydrogen-bond acceptors (Lipinski definition) is 4. The van der Waals surface area contributed by atoms with E-state index in [-0.39, 0.29) is 17.5 Å². The van der Waals surface area contributed by atoms with Gasteiger partial charge >= 0.3 is 0 Å². The highest BCUT2D eigenvalue weighted by molar-refractivity contribution is 7.09. The molecule has 0 aliphatic rings. The molecule has 0 saturated carbocycles. The van der Waals surface area contributed by atoms with E-state index in [0.717, 1.165) is 28.4 Å². The highest BCUT2D eigenvalue weighted by atomic mass is 32.1. The standard InChI is InChI=1S/C25H29FN2O2S/c1-5-18(4)28(25(29)21-11-6-8-12-22(21)26)14-19-16-31-24(27-19)15-30-23-13-9-7-10-20(23)17(2)3/h6-13,16-18H,5,14-15H2,1-4H3. The second-order valence-electron chi connectivity index (χ2n) is 7.88. The number of halogens is 1. The van der Waals surface area contributed by atoms with Crippen LogP contribution in [0.25, 0.3) is 0 Å². The zero-order valence-corrected chi connectivity index (χ0v) is 19.3. The summed E-state index contributed by atoms with van der Waals surface area (Å²) in [6.07, 6.45) is 0.770. The first-order valence-corrected chi connectivity index (χ1v) is 11.5. The molecule has 1 unspecified atom stereocenters. The van der Waals surface area contributed by atoms with Crippen molar-refractivity contribution in [2.45, 2.75) is 59.2 Å². The van der Waals surface area contributed by atoms with Crippen molar-refractivity contribution in [2.24, 2.45) is 0 Å². The van der Waals surface area contributed by atoms with Crippen molar-refractivity contribution in [3.63, 3.8) is 0 Å². The molecule has 0 bridgehead atoms. The molecular formula is C25H29FN2O2S. The highest BCUT2D eigenvalue weighted by Crippen LogP contribution is 2.27. The lowest BCUT2D eigenvalue weighted by atomic mass is 10.0. The second kappa shape index (κ2) is 10.5. The van der Waals surface area contributed by atoms with Crippen LogP contribution < -0.4 is 4.74 Å². The van der Waals surface area contributed by atoms with Crippen LogP contribution in [0.4, 0.5) is 4.39 Å². The van der Waals surface area contributed by atoms with Crippen LogP contribution in [-0.2, 0) is 13.2 Å². The zero-order chi connectivity index (χ0) is 22.4. The molecular weight excluding hydrogens is 411 g/mol. The summed E-state index contributed by atoms with van der Waals surface area (Å²) < 4.78 is 20.2. The Kier molecular flexibility index (Phi) is 7.80. The monoisotopic (exact) mass is 440 g/mol. The summed E-state index contributed by atoms with van der Waals surface area (Å²) in [4.78, 5) is 19.4. The minimum Gasteiger partial charge on any atom is -0.486 e. The Labute approximate surface area is 187 Å². The summed E-state index contributed by atoms with van der Waals surface area (Å²) in [6, 6.07) is 14.1. The number of benzene rings is 2. The van der Waals surface area contributed by atoms with Crippen LogP contribution in [0.2, 0.25) is 0 Å². The number of para-hydroxylation sites is 1. The molecule has 2 aromatic carbocycles. The second-order valence-corrected chi connectivity index (χ2v) is 8.83. The van der Waals surface area contributed by atoms with Crippen molar-refractivity contribution >= 4 is 17.2 Å². The summed E-state index contributed by atoms with van der Waals surface area (Å²) in [5.41, 5.74) is 2.04. The third-order valence-corrected chi connectivity index (χ3v) is 6.18. The van der Waals surface area contributed by atoms with E-state index >= 15 is 0 Å². The minimum absolute atomic E-state index is 0.0357. The van der Waals surface area contributed by atoms with E-state index in [1.54, 1.807) is 17.0 Å². The van der Waals surface area contributed by atoms with Crippen molar-refractivity contribution in [1.29, 1.82) is 0 Å². The van der Waals surface area contributed by atoms with Gasteiger partial charge in [-0.15, -0.1) is 11.3 Å². The molecule has 0 radical (unpaired) electrons. The third kappa shape index (κ3) is 5.70. The molecule has 1 heterocycles. The lowest BCUT2D eigenvalue weighted by Gasteiger charge is -2.28. The Morgan fingerprint density at radius 2 is 1.84 bits per heavy atom. The molecule has 1 atom stereocenters. The van der Waals surface area contributed by atoms with Crippen LogP contribution in [-0.4, -0.2) is 21.8 Å². The van der Waals surface area contributed by atoms with Crippen molar-refractivity contribution in [3.8, 4) is 5.75 Å². The number of thiazole rings is 1. The number of hydrogen-bond donors (Lipinski definition) is 0. The number of carbonyl (C=O) groups is 1. The van der Waals surface area contributed by atoms with Gasteiger partial charge in [0.15, 0.2) is 0 Å². The van der Waals surface area contributed by atoms with Gasteiger partial charge in [0, 0.05) is 11.4 Å². The fraction of sp³-hybridized carbons (Fsp3) is 0.360. The minimum atomic E-state index is -0.503. The van der Waals surface area contributed by atoms with Gasteiger partial charge in [-0.25, -0.2) is 9.37 Å². The normalized spacial score (nSPS) is 12.1. The van der Waals surface area contributed by atoms with E-state index in [0.29, 0.717) is 19.1 Å². The van der Waals surface area contributed by atoms with Gasteiger partial charge in [0.05, 0.1) is 17.8 Å². The number of carbonyl (C=O) groups excluding carboxylic acids is 1. The van der Waals surface area contributed by atoms with E-state index in [9.17, 15) is 9.18 Å². The Morgan fingerprint density at radius 3 is 2.55 bits per heavy atom. The lowest BCUT2D eigenvalue weighted by Crippen LogP contribution is -2.38. The van der Waals surface area contributed by atoms with Crippen LogP contribution in [0, 0.1) is 5.82 Å². The molecule has 0 N–H and O–H groups in total. The number of amides is 1. The maximum absolute atomic E-state index is 14.2. The maximum Gasteiger partial charge on any atom is 0.257 e. The van der Waals surface area contributed by atoms with Gasteiger partial charge in [0.25, 0.3) is 5.91 Å². The van der Waals surface area contributed by atoms with E-state index < -0.39 is 5.82 Å². The fourth-order valence-corrected chi connectivity index (χ4v) is 4.02. The molecule has 0 spiro atoms. The van der Waals surface area contributed by atoms with Crippen LogP contribution in [0.15, 0.2) is 53.9 Å². The molecule has 3 rings (SSSR count). The molecule has 1 amide bonds. The van der Waals surface area contributed by atoms with E-state index in [2.05, 4.69) is 24.9 Å². The van der Waals surface area contributed by atoms with E-state index in [1.165, 1.54) is 23.5 Å². The maximum atomic E-state index is 14.2. The molecule has 0 fully saturated rings. The summed E-state index contributed by atoms with van der Waals surface area (Å²) in [6.45, 7) is 8.97. The van der Waals surface area contributed by atoms with E-state index in [1.807, 2.05) is 37.4 Å². The zero-order valence-electron chi connectivity index (χ0n) is 18.5. The van der Waals surface area contributed by atoms with Gasteiger partial charge in [-0.1, -0.05) is 51.1 Å². The Hall–Kier alpha value is -2.73. The number of nitrogens with zero attached hydrogens (tertiary/aromatic N) is 2. The third-order valence-electron chi connectivity index (χ3n) is 5.31. The Balaban J connectivity index is 1.72. The molecule has 0 aliphatic carbocycles. The average Bonchev–Trinajstić information content (AvgIpc) is 3.23. The SMILES string of the molecule is CCC(C)N(Cc1csc(COc2ccccc2C(C)C)n1)C(=O)c1ccccc1F. The number of aromatic nitrogens is 1. The molecule has 4 nitrogen and oxygen atoms in total.